The van der Waals surface area contributed by atoms with Crippen molar-refractivity contribution in [2.45, 2.75) is 23.1 Å². The molecule has 0 aliphatic carbocycles. The van der Waals surface area contributed by atoms with E-state index in [0.717, 1.165) is 35.7 Å². The second-order valence-corrected chi connectivity index (χ2v) is 19.3. The van der Waals surface area contributed by atoms with Crippen LogP contribution in [0.4, 0.5) is 40.3 Å². The van der Waals surface area contributed by atoms with Crippen LogP contribution in [0.5, 0.6) is 0 Å². The minimum atomic E-state index is -4.12. The van der Waals surface area contributed by atoms with Gasteiger partial charge in [-0.05, 0) is 96.9 Å². The Bertz CT molecular complexity index is 3340. The zero-order chi connectivity index (χ0) is 47.1. The monoisotopic (exact) mass is 976 g/mol. The van der Waals surface area contributed by atoms with Crippen molar-refractivity contribution in [3.63, 3.8) is 0 Å². The SMILES string of the molecule is Cc1cccc(Nc2nc3ccccc3nc2NS(=O)(=O)c2ccc(CC(N)=O)cc2)c1.O=S(=O)(Nc1nc2ccccc2nc1Nc1ccccc1N1CCOCC1)c1cc(Cl)ccc1Cl. The number of aryl methyl sites for hydroxylation is 1. The van der Waals surface area contributed by atoms with E-state index in [9.17, 15) is 21.6 Å². The quantitative estimate of drug-likeness (QED) is 0.0729. The van der Waals surface area contributed by atoms with E-state index in [-0.39, 0.29) is 49.5 Å². The molecule has 342 valence electrons. The fraction of sp³-hybridized carbons (Fsp3) is 0.128. The van der Waals surface area contributed by atoms with Gasteiger partial charge >= 0.3 is 0 Å². The molecule has 3 heterocycles. The van der Waals surface area contributed by atoms with Crippen LogP contribution in [0.2, 0.25) is 10.0 Å². The van der Waals surface area contributed by atoms with Crippen LogP contribution >= 0.6 is 23.2 Å². The average Bonchev–Trinajstić information content (AvgIpc) is 3.30. The number of ether oxygens (including phenoxy) is 1. The van der Waals surface area contributed by atoms with Crippen LogP contribution in [0.25, 0.3) is 22.1 Å². The van der Waals surface area contributed by atoms with Gasteiger partial charge in [0.15, 0.2) is 23.3 Å². The summed E-state index contributed by atoms with van der Waals surface area (Å²) in [5.74, 6) is 0.161. The van der Waals surface area contributed by atoms with E-state index >= 15 is 0 Å². The summed E-state index contributed by atoms with van der Waals surface area (Å²) in [4.78, 5) is 31.4. The Balaban J connectivity index is 0.000000182. The summed E-state index contributed by atoms with van der Waals surface area (Å²) in [5.41, 5.74) is 11.7. The van der Waals surface area contributed by atoms with Gasteiger partial charge in [0.25, 0.3) is 20.0 Å². The Labute approximate surface area is 396 Å². The Morgan fingerprint density at radius 2 is 1.19 bits per heavy atom. The first-order valence-corrected chi connectivity index (χ1v) is 24.4. The number of rotatable bonds is 13. The number of carbonyl (C=O) groups is 1. The first-order chi connectivity index (χ1) is 32.2. The molecule has 0 atom stereocenters. The molecule has 0 bridgehead atoms. The zero-order valence-electron chi connectivity index (χ0n) is 35.6. The van der Waals surface area contributed by atoms with Gasteiger partial charge in [-0.15, -0.1) is 0 Å². The predicted octanol–water partition coefficient (Wildman–Crippen LogP) is 8.83. The number of hydrogen-bond donors (Lipinski definition) is 5. The summed E-state index contributed by atoms with van der Waals surface area (Å²) in [6.07, 6.45) is 0.0362. The third-order valence-electron chi connectivity index (χ3n) is 10.2. The maximum Gasteiger partial charge on any atom is 0.264 e. The largest absolute Gasteiger partial charge is 0.378 e. The molecule has 0 saturated carbocycles. The van der Waals surface area contributed by atoms with E-state index in [1.807, 2.05) is 79.7 Å². The molecular formula is C47H42Cl2N10O6S2. The van der Waals surface area contributed by atoms with Gasteiger partial charge in [-0.25, -0.2) is 36.8 Å². The molecule has 9 rings (SSSR count). The van der Waals surface area contributed by atoms with Gasteiger partial charge in [-0.3, -0.25) is 14.2 Å². The number of nitrogens with zero attached hydrogens (tertiary/aromatic N) is 5. The van der Waals surface area contributed by atoms with Crippen LogP contribution in [0.1, 0.15) is 11.1 Å². The van der Waals surface area contributed by atoms with Crippen molar-refractivity contribution >= 4 is 112 Å². The van der Waals surface area contributed by atoms with E-state index in [4.69, 9.17) is 33.7 Å². The van der Waals surface area contributed by atoms with Crippen LogP contribution in [-0.2, 0) is 36.0 Å². The number of nitrogens with one attached hydrogen (secondary N) is 4. The van der Waals surface area contributed by atoms with E-state index in [0.29, 0.717) is 40.8 Å². The lowest BCUT2D eigenvalue weighted by Crippen LogP contribution is -2.36. The summed E-state index contributed by atoms with van der Waals surface area (Å²) in [6.45, 7) is 4.72. The maximum atomic E-state index is 13.3. The van der Waals surface area contributed by atoms with Crippen LogP contribution in [0.15, 0.2) is 149 Å². The Kier molecular flexibility index (Phi) is 14.0. The fourth-order valence-electron chi connectivity index (χ4n) is 7.00. The number of halogens is 2. The molecule has 6 aromatic carbocycles. The van der Waals surface area contributed by atoms with Gasteiger partial charge in [0, 0.05) is 23.8 Å². The van der Waals surface area contributed by atoms with Crippen LogP contribution < -0.4 is 30.7 Å². The number of amides is 1. The van der Waals surface area contributed by atoms with Crippen molar-refractivity contribution in [1.29, 1.82) is 0 Å². The lowest BCUT2D eigenvalue weighted by Gasteiger charge is -2.30. The molecule has 0 spiro atoms. The Morgan fingerprint density at radius 1 is 0.642 bits per heavy atom. The van der Waals surface area contributed by atoms with Crippen molar-refractivity contribution in [1.82, 2.24) is 19.9 Å². The number of para-hydroxylation sites is 6. The van der Waals surface area contributed by atoms with Crippen molar-refractivity contribution in [3.05, 3.63) is 161 Å². The highest BCUT2D eigenvalue weighted by Crippen LogP contribution is 2.34. The van der Waals surface area contributed by atoms with Gasteiger partial charge in [-0.2, -0.15) is 0 Å². The van der Waals surface area contributed by atoms with E-state index in [2.05, 4.69) is 44.9 Å². The number of fused-ring (bicyclic) bond motifs is 2. The molecule has 6 N–H and O–H groups in total. The summed E-state index contributed by atoms with van der Waals surface area (Å²) in [5, 5.41) is 6.74. The van der Waals surface area contributed by atoms with Gasteiger partial charge in [-0.1, -0.05) is 83.9 Å². The van der Waals surface area contributed by atoms with Gasteiger partial charge in [0.1, 0.15) is 4.90 Å². The normalized spacial score (nSPS) is 12.8. The van der Waals surface area contributed by atoms with Crippen molar-refractivity contribution < 1.29 is 26.4 Å². The van der Waals surface area contributed by atoms with Gasteiger partial charge in [0.2, 0.25) is 5.91 Å². The molecule has 0 radical (unpaired) electrons. The van der Waals surface area contributed by atoms with Crippen LogP contribution in [0.3, 0.4) is 0 Å². The van der Waals surface area contributed by atoms with Crippen molar-refractivity contribution in [2.75, 3.05) is 51.3 Å². The molecule has 8 aromatic rings. The third kappa shape index (κ3) is 11.5. The highest BCUT2D eigenvalue weighted by Gasteiger charge is 2.24. The first kappa shape index (κ1) is 46.4. The van der Waals surface area contributed by atoms with Gasteiger partial charge < -0.3 is 26.0 Å². The second kappa shape index (κ2) is 20.2. The molecule has 20 heteroatoms. The number of aromatic nitrogens is 4. The standard InChI is InChI=1S/C24H21Cl2N5O3S.C23H21N5O3S/c25-16-9-10-17(26)22(15-16)35(32,33)30-24-23(27-18-5-1-2-6-19(18)28-24)29-20-7-3-4-8-21(20)31-11-13-34-14-12-31;1-15-5-4-6-17(13-15)25-22-23(27-20-8-3-2-7-19(20)26-22)28-32(30,31)18-11-9-16(10-12-18)14-21(24)29/h1-10,15H,11-14H2,(H,27,29)(H,28,30);2-13H,14H2,1H3,(H2,24,29)(H,25,26)(H,27,28). The van der Waals surface area contributed by atoms with Crippen LogP contribution in [-0.4, -0.2) is 69.0 Å². The summed E-state index contributed by atoms with van der Waals surface area (Å²) >= 11 is 12.2. The lowest BCUT2D eigenvalue weighted by molar-refractivity contribution is -0.117. The summed E-state index contributed by atoms with van der Waals surface area (Å²) < 4.78 is 63.1. The highest BCUT2D eigenvalue weighted by molar-refractivity contribution is 7.93. The van der Waals surface area contributed by atoms with E-state index in [1.54, 1.807) is 36.4 Å². The molecule has 16 nitrogen and oxygen atoms in total. The zero-order valence-corrected chi connectivity index (χ0v) is 38.8. The molecule has 1 amide bonds. The maximum absolute atomic E-state index is 13.3. The number of hydrogen-bond acceptors (Lipinski definition) is 13. The van der Waals surface area contributed by atoms with Gasteiger partial charge in [0.05, 0.1) is 63.0 Å². The Morgan fingerprint density at radius 3 is 1.79 bits per heavy atom. The van der Waals surface area contributed by atoms with Crippen molar-refractivity contribution in [3.8, 4) is 0 Å². The molecule has 2 aromatic heterocycles. The molecule has 1 aliphatic rings. The van der Waals surface area contributed by atoms with E-state index in [1.165, 1.54) is 30.3 Å². The first-order valence-electron chi connectivity index (χ1n) is 20.6. The minimum absolute atomic E-state index is 0.0298. The van der Waals surface area contributed by atoms with Crippen LogP contribution in [0, 0.1) is 6.92 Å². The molecule has 0 unspecified atom stereocenters. The molecular weight excluding hydrogens is 936 g/mol. The Hall–Kier alpha value is -7.09. The number of sulfonamides is 2. The molecule has 1 saturated heterocycles. The second-order valence-electron chi connectivity index (χ2n) is 15.1. The summed E-state index contributed by atoms with van der Waals surface area (Å²) in [6, 6.07) is 40.0. The number of anilines is 7. The molecule has 1 fully saturated rings. The topological polar surface area (TPSA) is 224 Å². The number of benzene rings is 6. The average molecular weight is 978 g/mol. The number of carbonyl (C=O) groups excluding carboxylic acids is 1. The summed E-state index contributed by atoms with van der Waals surface area (Å²) in [7, 11) is -8.08. The lowest BCUT2D eigenvalue weighted by atomic mass is 10.1. The smallest absolute Gasteiger partial charge is 0.264 e. The van der Waals surface area contributed by atoms with E-state index < -0.39 is 26.0 Å². The minimum Gasteiger partial charge on any atom is -0.378 e. The number of primary amides is 1. The highest BCUT2D eigenvalue weighted by atomic mass is 35.5. The third-order valence-corrected chi connectivity index (χ3v) is 13.6. The predicted molar refractivity (Wildman–Crippen MR) is 264 cm³/mol. The number of morpholine rings is 1. The molecule has 67 heavy (non-hydrogen) atoms. The van der Waals surface area contributed by atoms with Crippen molar-refractivity contribution in [2.24, 2.45) is 5.73 Å². The fourth-order valence-corrected chi connectivity index (χ4v) is 9.78. The molecule has 1 aliphatic heterocycles. The number of nitrogens with two attached hydrogens (primary N) is 1.